The first-order chi connectivity index (χ1) is 16.6. The van der Waals surface area contributed by atoms with Crippen molar-refractivity contribution in [3.8, 4) is 0 Å². The van der Waals surface area contributed by atoms with Crippen molar-refractivity contribution in [2.45, 2.75) is 16.7 Å². The SMILES string of the molecule is CC(CS)CNC(=O)c1cccnc1.Clc1cc(Cl)c(SOSc2c(Cl)cc(Cl)cc2Cl)c(Cl)c1. The summed E-state index contributed by atoms with van der Waals surface area (Å²) in [7, 11) is 0. The van der Waals surface area contributed by atoms with Gasteiger partial charge in [-0.2, -0.15) is 12.6 Å². The molecule has 13 heteroatoms. The van der Waals surface area contributed by atoms with E-state index in [1.807, 2.05) is 6.92 Å². The number of nitrogens with zero attached hydrogens (tertiary/aromatic N) is 1. The van der Waals surface area contributed by atoms with Crippen LogP contribution in [0.2, 0.25) is 30.1 Å². The Bertz CT molecular complexity index is 1040. The summed E-state index contributed by atoms with van der Waals surface area (Å²) in [5.74, 6) is 1.08. The average molecular weight is 651 g/mol. The standard InChI is InChI=1S/C12H4Cl6OS2.C10H14N2OS/c13-5-1-7(15)11(8(16)2-5)20-19-21-12-9(17)3-6(14)4-10(12)18;1-8(7-14)5-12-10(13)9-3-2-4-11-6-9/h1-4H;2-4,6,8,14H,5,7H2,1H3,(H,12,13). The van der Waals surface area contributed by atoms with Crippen molar-refractivity contribution in [3.63, 3.8) is 0 Å². The number of carbonyl (C=O) groups is 1. The molecule has 0 fully saturated rings. The van der Waals surface area contributed by atoms with Crippen LogP contribution in [-0.2, 0) is 3.63 Å². The summed E-state index contributed by atoms with van der Waals surface area (Å²) in [5, 5.41) is 5.30. The monoisotopic (exact) mass is 648 g/mol. The van der Waals surface area contributed by atoms with Gasteiger partial charge in [0.1, 0.15) is 0 Å². The molecule has 1 heterocycles. The van der Waals surface area contributed by atoms with Gasteiger partial charge in [-0.25, -0.2) is 3.63 Å². The van der Waals surface area contributed by atoms with Gasteiger partial charge in [0.05, 0.1) is 35.4 Å². The number of thiol groups is 1. The van der Waals surface area contributed by atoms with Gasteiger partial charge in [0, 0.05) is 53.1 Å². The van der Waals surface area contributed by atoms with E-state index in [1.165, 1.54) is 0 Å². The van der Waals surface area contributed by atoms with Gasteiger partial charge in [0.2, 0.25) is 0 Å². The van der Waals surface area contributed by atoms with Gasteiger partial charge in [0.25, 0.3) is 5.91 Å². The Kier molecular flexibility index (Phi) is 14.1. The normalized spacial score (nSPS) is 11.4. The molecule has 2 aromatic carbocycles. The van der Waals surface area contributed by atoms with Crippen LogP contribution < -0.4 is 5.32 Å². The van der Waals surface area contributed by atoms with Crippen molar-refractivity contribution >= 4 is 112 Å². The van der Waals surface area contributed by atoms with Crippen molar-refractivity contribution in [3.05, 3.63) is 84.5 Å². The number of hydrogen-bond donors (Lipinski definition) is 2. The molecule has 0 aliphatic rings. The van der Waals surface area contributed by atoms with E-state index in [1.54, 1.807) is 48.8 Å². The van der Waals surface area contributed by atoms with E-state index in [4.69, 9.17) is 73.2 Å². The Morgan fingerprint density at radius 1 is 0.971 bits per heavy atom. The molecule has 4 nitrogen and oxygen atoms in total. The van der Waals surface area contributed by atoms with Crippen LogP contribution in [-0.4, -0.2) is 23.2 Å². The van der Waals surface area contributed by atoms with Gasteiger partial charge in [-0.3, -0.25) is 9.78 Å². The smallest absolute Gasteiger partial charge is 0.252 e. The van der Waals surface area contributed by atoms with Gasteiger partial charge in [-0.15, -0.1) is 0 Å². The van der Waals surface area contributed by atoms with Crippen LogP contribution in [0.4, 0.5) is 0 Å². The van der Waals surface area contributed by atoms with E-state index in [9.17, 15) is 4.79 Å². The number of nitrogens with one attached hydrogen (secondary N) is 1. The first-order valence-electron chi connectivity index (χ1n) is 9.71. The predicted molar refractivity (Wildman–Crippen MR) is 155 cm³/mol. The number of rotatable bonds is 8. The summed E-state index contributed by atoms with van der Waals surface area (Å²) < 4.78 is 5.42. The number of pyridine rings is 1. The van der Waals surface area contributed by atoms with E-state index in [2.05, 4.69) is 22.9 Å². The molecule has 1 amide bonds. The molecule has 3 rings (SSSR count). The Labute approximate surface area is 248 Å². The van der Waals surface area contributed by atoms with Crippen LogP contribution in [0, 0.1) is 5.92 Å². The summed E-state index contributed by atoms with van der Waals surface area (Å²) in [6.07, 6.45) is 3.20. The second-order valence-corrected chi connectivity index (χ2v) is 11.4. The Balaban J connectivity index is 0.000000269. The molecule has 1 aromatic heterocycles. The molecule has 0 saturated carbocycles. The molecular formula is C22H18Cl6N2O2S3. The van der Waals surface area contributed by atoms with Gasteiger partial charge in [-0.05, 0) is 48.1 Å². The summed E-state index contributed by atoms with van der Waals surface area (Å²) in [6, 6.07) is 9.80. The maximum atomic E-state index is 11.5. The van der Waals surface area contributed by atoms with Crippen molar-refractivity contribution in [1.29, 1.82) is 0 Å². The largest absolute Gasteiger partial charge is 0.352 e. The Morgan fingerprint density at radius 2 is 1.46 bits per heavy atom. The zero-order valence-electron chi connectivity index (χ0n) is 17.9. The van der Waals surface area contributed by atoms with Crippen LogP contribution in [0.3, 0.4) is 0 Å². The number of amides is 1. The fourth-order valence-electron chi connectivity index (χ4n) is 2.23. The van der Waals surface area contributed by atoms with Crippen LogP contribution in [0.5, 0.6) is 0 Å². The van der Waals surface area contributed by atoms with Gasteiger partial charge in [0.15, 0.2) is 0 Å². The second-order valence-electron chi connectivity index (χ2n) is 6.87. The summed E-state index contributed by atoms with van der Waals surface area (Å²) >= 11 is 42.0. The summed E-state index contributed by atoms with van der Waals surface area (Å²) in [5.41, 5.74) is 0.596. The molecule has 0 aliphatic carbocycles. The van der Waals surface area contributed by atoms with Gasteiger partial charge >= 0.3 is 0 Å². The van der Waals surface area contributed by atoms with Crippen LogP contribution in [0.15, 0.2) is 58.6 Å². The second kappa shape index (κ2) is 15.9. The molecule has 1 unspecified atom stereocenters. The fraction of sp³-hybridized carbons (Fsp3) is 0.182. The fourth-order valence-corrected chi connectivity index (χ4v) is 5.61. The van der Waals surface area contributed by atoms with Gasteiger partial charge in [-0.1, -0.05) is 76.5 Å². The lowest BCUT2D eigenvalue weighted by atomic mass is 10.2. The maximum absolute atomic E-state index is 11.5. The molecule has 1 atom stereocenters. The lowest BCUT2D eigenvalue weighted by Gasteiger charge is -2.09. The average Bonchev–Trinajstić information content (AvgIpc) is 2.81. The third kappa shape index (κ3) is 10.6. The van der Waals surface area contributed by atoms with Crippen molar-refractivity contribution in [2.24, 2.45) is 5.92 Å². The molecule has 0 spiro atoms. The molecule has 35 heavy (non-hydrogen) atoms. The zero-order valence-corrected chi connectivity index (χ0v) is 25.0. The highest BCUT2D eigenvalue weighted by Crippen LogP contribution is 2.43. The molecule has 0 aliphatic heterocycles. The molecule has 0 radical (unpaired) electrons. The van der Waals surface area contributed by atoms with Crippen molar-refractivity contribution < 1.29 is 8.42 Å². The van der Waals surface area contributed by atoms with Crippen molar-refractivity contribution in [2.75, 3.05) is 12.3 Å². The number of hydrogen-bond acceptors (Lipinski definition) is 6. The summed E-state index contributed by atoms with van der Waals surface area (Å²) in [6.45, 7) is 2.69. The minimum absolute atomic E-state index is 0.0771. The third-order valence-electron chi connectivity index (χ3n) is 4.01. The molecular weight excluding hydrogens is 633 g/mol. The zero-order chi connectivity index (χ0) is 26.0. The lowest BCUT2D eigenvalue weighted by Crippen LogP contribution is -2.28. The van der Waals surface area contributed by atoms with E-state index >= 15 is 0 Å². The molecule has 188 valence electrons. The Hall–Kier alpha value is -0.190. The highest BCUT2D eigenvalue weighted by atomic mass is 35.5. The molecule has 3 aromatic rings. The molecule has 0 saturated heterocycles. The van der Waals surface area contributed by atoms with Gasteiger partial charge < -0.3 is 5.32 Å². The summed E-state index contributed by atoms with van der Waals surface area (Å²) in [4.78, 5) is 16.5. The van der Waals surface area contributed by atoms with E-state index < -0.39 is 0 Å². The molecule has 0 bridgehead atoms. The first-order valence-corrected chi connectivity index (χ1v) is 14.1. The highest BCUT2D eigenvalue weighted by Gasteiger charge is 2.13. The highest BCUT2D eigenvalue weighted by molar-refractivity contribution is 8.08. The quantitative estimate of drug-likeness (QED) is 0.188. The minimum atomic E-state index is -0.0771. The Morgan fingerprint density at radius 3 is 1.86 bits per heavy atom. The van der Waals surface area contributed by atoms with E-state index in [0.717, 1.165) is 29.8 Å². The van der Waals surface area contributed by atoms with E-state index in [0.29, 0.717) is 58.0 Å². The first kappa shape index (κ1) is 31.0. The number of benzene rings is 2. The number of aromatic nitrogens is 1. The van der Waals surface area contributed by atoms with Crippen molar-refractivity contribution in [1.82, 2.24) is 10.3 Å². The maximum Gasteiger partial charge on any atom is 0.252 e. The molecule has 1 N–H and O–H groups in total. The van der Waals surface area contributed by atoms with Crippen LogP contribution >= 0.6 is 106 Å². The third-order valence-corrected chi connectivity index (χ3v) is 8.46. The number of carbonyl (C=O) groups excluding carboxylic acids is 1. The number of halogens is 6. The topological polar surface area (TPSA) is 51.2 Å². The predicted octanol–water partition coefficient (Wildman–Crippen LogP) is 9.72. The van der Waals surface area contributed by atoms with Crippen LogP contribution in [0.25, 0.3) is 0 Å². The van der Waals surface area contributed by atoms with Crippen LogP contribution in [0.1, 0.15) is 17.3 Å². The lowest BCUT2D eigenvalue weighted by molar-refractivity contribution is 0.0949. The van der Waals surface area contributed by atoms with E-state index in [-0.39, 0.29) is 5.91 Å². The minimum Gasteiger partial charge on any atom is -0.352 e.